The van der Waals surface area contributed by atoms with E-state index in [2.05, 4.69) is 26.0 Å². The SMILES string of the molecule is COc1ccc(-c2nc3ccccc3c(=O)n2CCCOc2cccc(C(C)C)c2)cc1. The normalized spacial score (nSPS) is 11.1. The predicted octanol–water partition coefficient (Wildman–Crippen LogP) is 5.66. The molecule has 5 heteroatoms. The molecule has 0 fully saturated rings. The lowest BCUT2D eigenvalue weighted by molar-refractivity contribution is 0.301. The fourth-order valence-corrected chi connectivity index (χ4v) is 3.71. The Hall–Kier alpha value is -3.60. The molecule has 164 valence electrons. The van der Waals surface area contributed by atoms with E-state index in [4.69, 9.17) is 14.5 Å². The fraction of sp³-hybridized carbons (Fsp3) is 0.259. The number of nitrogens with zero attached hydrogens (tertiary/aromatic N) is 2. The van der Waals surface area contributed by atoms with Crippen molar-refractivity contribution in [3.63, 3.8) is 0 Å². The van der Waals surface area contributed by atoms with Crippen LogP contribution in [0.15, 0.2) is 77.6 Å². The first-order valence-corrected chi connectivity index (χ1v) is 10.9. The van der Waals surface area contributed by atoms with E-state index in [1.54, 1.807) is 11.7 Å². The Bertz CT molecular complexity index is 1260. The molecule has 4 rings (SSSR count). The number of rotatable bonds is 8. The average molecular weight is 429 g/mol. The number of ether oxygens (including phenoxy) is 2. The summed E-state index contributed by atoms with van der Waals surface area (Å²) >= 11 is 0. The lowest BCUT2D eigenvalue weighted by Crippen LogP contribution is -2.24. The van der Waals surface area contributed by atoms with Gasteiger partial charge in [0.05, 0.1) is 24.6 Å². The van der Waals surface area contributed by atoms with Crippen molar-refractivity contribution in [3.8, 4) is 22.9 Å². The molecule has 32 heavy (non-hydrogen) atoms. The zero-order chi connectivity index (χ0) is 22.5. The molecule has 0 saturated carbocycles. The van der Waals surface area contributed by atoms with Crippen molar-refractivity contribution in [2.24, 2.45) is 0 Å². The van der Waals surface area contributed by atoms with Gasteiger partial charge in [-0.25, -0.2) is 4.98 Å². The van der Waals surface area contributed by atoms with E-state index < -0.39 is 0 Å². The van der Waals surface area contributed by atoms with Gasteiger partial charge in [-0.2, -0.15) is 0 Å². The summed E-state index contributed by atoms with van der Waals surface area (Å²) in [7, 11) is 1.63. The van der Waals surface area contributed by atoms with E-state index in [0.717, 1.165) is 17.1 Å². The lowest BCUT2D eigenvalue weighted by Gasteiger charge is -2.15. The van der Waals surface area contributed by atoms with Crippen molar-refractivity contribution in [1.82, 2.24) is 9.55 Å². The summed E-state index contributed by atoms with van der Waals surface area (Å²) in [6, 6.07) is 23.3. The van der Waals surface area contributed by atoms with Crippen LogP contribution < -0.4 is 15.0 Å². The van der Waals surface area contributed by atoms with Crippen molar-refractivity contribution >= 4 is 10.9 Å². The summed E-state index contributed by atoms with van der Waals surface area (Å²) in [4.78, 5) is 18.1. The second-order valence-electron chi connectivity index (χ2n) is 8.07. The zero-order valence-electron chi connectivity index (χ0n) is 18.7. The molecule has 0 saturated heterocycles. The van der Waals surface area contributed by atoms with Crippen LogP contribution in [-0.2, 0) is 6.54 Å². The van der Waals surface area contributed by atoms with Crippen LogP contribution in [0.2, 0.25) is 0 Å². The second kappa shape index (κ2) is 9.69. The Morgan fingerprint density at radius 1 is 0.938 bits per heavy atom. The van der Waals surface area contributed by atoms with Crippen molar-refractivity contribution in [3.05, 3.63) is 88.7 Å². The van der Waals surface area contributed by atoms with Crippen LogP contribution in [0.1, 0.15) is 31.7 Å². The highest BCUT2D eigenvalue weighted by molar-refractivity contribution is 5.79. The molecule has 0 atom stereocenters. The van der Waals surface area contributed by atoms with Crippen LogP contribution in [0, 0.1) is 0 Å². The molecule has 0 bridgehead atoms. The Morgan fingerprint density at radius 3 is 2.47 bits per heavy atom. The van der Waals surface area contributed by atoms with Gasteiger partial charge in [-0.1, -0.05) is 38.1 Å². The molecule has 0 aliphatic carbocycles. The number of benzene rings is 3. The highest BCUT2D eigenvalue weighted by atomic mass is 16.5. The summed E-state index contributed by atoms with van der Waals surface area (Å²) in [6.07, 6.45) is 0.689. The van der Waals surface area contributed by atoms with Gasteiger partial charge in [0, 0.05) is 12.1 Å². The van der Waals surface area contributed by atoms with Crippen LogP contribution in [0.5, 0.6) is 11.5 Å². The maximum atomic E-state index is 13.3. The smallest absolute Gasteiger partial charge is 0.261 e. The first-order valence-electron chi connectivity index (χ1n) is 10.9. The molecule has 3 aromatic carbocycles. The molecule has 1 aromatic heterocycles. The zero-order valence-corrected chi connectivity index (χ0v) is 18.7. The Kier molecular flexibility index (Phi) is 6.55. The molecular formula is C27H28N2O3. The monoisotopic (exact) mass is 428 g/mol. The van der Waals surface area contributed by atoms with Gasteiger partial charge in [0.25, 0.3) is 5.56 Å². The molecule has 4 aromatic rings. The minimum absolute atomic E-state index is 0.0387. The standard InChI is InChI=1S/C27H28N2O3/c1-19(2)21-8-6-9-23(18-21)32-17-7-16-29-26(20-12-14-22(31-3)15-13-20)28-25-11-5-4-10-24(25)27(29)30/h4-6,8-15,18-19H,7,16-17H2,1-3H3. The van der Waals surface area contributed by atoms with Gasteiger partial charge in [-0.05, 0) is 66.4 Å². The summed E-state index contributed by atoms with van der Waals surface area (Å²) in [6.45, 7) is 5.36. The van der Waals surface area contributed by atoms with Crippen molar-refractivity contribution in [2.75, 3.05) is 13.7 Å². The summed E-state index contributed by atoms with van der Waals surface area (Å²) in [5, 5.41) is 0.621. The number of aromatic nitrogens is 2. The van der Waals surface area contributed by atoms with E-state index >= 15 is 0 Å². The lowest BCUT2D eigenvalue weighted by atomic mass is 10.0. The Balaban J connectivity index is 1.58. The van der Waals surface area contributed by atoms with Crippen LogP contribution >= 0.6 is 0 Å². The fourth-order valence-electron chi connectivity index (χ4n) is 3.71. The minimum Gasteiger partial charge on any atom is -0.497 e. The van der Waals surface area contributed by atoms with E-state index in [0.29, 0.717) is 42.2 Å². The molecule has 0 amide bonds. The predicted molar refractivity (Wildman–Crippen MR) is 129 cm³/mol. The molecule has 0 aliphatic rings. The molecule has 0 radical (unpaired) electrons. The molecular weight excluding hydrogens is 400 g/mol. The van der Waals surface area contributed by atoms with Crippen molar-refractivity contribution in [2.45, 2.75) is 32.7 Å². The number of hydrogen-bond acceptors (Lipinski definition) is 4. The molecule has 0 unspecified atom stereocenters. The molecule has 0 aliphatic heterocycles. The van der Waals surface area contributed by atoms with Gasteiger partial charge in [-0.3, -0.25) is 9.36 Å². The van der Waals surface area contributed by atoms with E-state index in [1.807, 2.05) is 60.7 Å². The summed E-state index contributed by atoms with van der Waals surface area (Å²) < 4.78 is 13.0. The highest BCUT2D eigenvalue weighted by Crippen LogP contribution is 2.23. The largest absolute Gasteiger partial charge is 0.497 e. The third-order valence-electron chi connectivity index (χ3n) is 5.53. The number of methoxy groups -OCH3 is 1. The quantitative estimate of drug-likeness (QED) is 0.340. The average Bonchev–Trinajstić information content (AvgIpc) is 2.83. The topological polar surface area (TPSA) is 53.3 Å². The highest BCUT2D eigenvalue weighted by Gasteiger charge is 2.13. The van der Waals surface area contributed by atoms with E-state index in [-0.39, 0.29) is 5.56 Å². The van der Waals surface area contributed by atoms with Gasteiger partial charge >= 0.3 is 0 Å². The van der Waals surface area contributed by atoms with Crippen molar-refractivity contribution in [1.29, 1.82) is 0 Å². The van der Waals surface area contributed by atoms with Gasteiger partial charge in [-0.15, -0.1) is 0 Å². The first kappa shape index (κ1) is 21.6. The van der Waals surface area contributed by atoms with Crippen LogP contribution in [0.3, 0.4) is 0 Å². The minimum atomic E-state index is -0.0387. The maximum Gasteiger partial charge on any atom is 0.261 e. The van der Waals surface area contributed by atoms with Gasteiger partial charge in [0.1, 0.15) is 17.3 Å². The first-order chi connectivity index (χ1) is 15.6. The second-order valence-corrected chi connectivity index (χ2v) is 8.07. The molecule has 5 nitrogen and oxygen atoms in total. The number of fused-ring (bicyclic) bond motifs is 1. The number of para-hydroxylation sites is 1. The van der Waals surface area contributed by atoms with Crippen LogP contribution in [0.25, 0.3) is 22.3 Å². The van der Waals surface area contributed by atoms with Crippen LogP contribution in [-0.4, -0.2) is 23.3 Å². The van der Waals surface area contributed by atoms with E-state index in [9.17, 15) is 4.79 Å². The third-order valence-corrected chi connectivity index (χ3v) is 5.53. The van der Waals surface area contributed by atoms with Crippen molar-refractivity contribution < 1.29 is 9.47 Å². The molecule has 1 heterocycles. The third kappa shape index (κ3) is 4.67. The molecule has 0 spiro atoms. The van der Waals surface area contributed by atoms with E-state index in [1.165, 1.54) is 5.56 Å². The number of hydrogen-bond donors (Lipinski definition) is 0. The molecule has 0 N–H and O–H groups in total. The van der Waals surface area contributed by atoms with Gasteiger partial charge < -0.3 is 9.47 Å². The Labute approximate surface area is 188 Å². The summed E-state index contributed by atoms with van der Waals surface area (Å²) in [5.41, 5.74) is 2.78. The van der Waals surface area contributed by atoms with Gasteiger partial charge in [0.15, 0.2) is 0 Å². The maximum absolute atomic E-state index is 13.3. The summed E-state index contributed by atoms with van der Waals surface area (Å²) in [5.74, 6) is 2.72. The Morgan fingerprint density at radius 2 is 1.72 bits per heavy atom. The van der Waals surface area contributed by atoms with Gasteiger partial charge in [0.2, 0.25) is 0 Å². The van der Waals surface area contributed by atoms with Crippen LogP contribution in [0.4, 0.5) is 0 Å².